The Morgan fingerprint density at radius 3 is 2.74 bits per heavy atom. The molecular weight excluding hydrogens is 344 g/mol. The van der Waals surface area contributed by atoms with E-state index in [1.54, 1.807) is 12.1 Å². The summed E-state index contributed by atoms with van der Waals surface area (Å²) in [6, 6.07) is 14.1. The quantitative estimate of drug-likeness (QED) is 0.533. The molecule has 0 radical (unpaired) electrons. The van der Waals surface area contributed by atoms with E-state index in [9.17, 15) is 15.0 Å². The summed E-state index contributed by atoms with van der Waals surface area (Å²) in [4.78, 5) is 17.4. The molecule has 27 heavy (non-hydrogen) atoms. The van der Waals surface area contributed by atoms with Crippen LogP contribution in [0.2, 0.25) is 0 Å². The highest BCUT2D eigenvalue weighted by molar-refractivity contribution is 6.14. The van der Waals surface area contributed by atoms with Gasteiger partial charge < -0.3 is 19.5 Å². The Balaban J connectivity index is 1.89. The maximum absolute atomic E-state index is 12.9. The minimum absolute atomic E-state index is 0.00613. The summed E-state index contributed by atoms with van der Waals surface area (Å²) in [5, 5.41) is 21.3. The van der Waals surface area contributed by atoms with Crippen LogP contribution >= 0.6 is 0 Å². The normalized spacial score (nSPS) is 11.2. The van der Waals surface area contributed by atoms with E-state index in [0.29, 0.717) is 23.5 Å². The number of rotatable bonds is 5. The lowest BCUT2D eigenvalue weighted by atomic mass is 10.0. The predicted octanol–water partition coefficient (Wildman–Crippen LogP) is 3.13. The first-order valence-electron chi connectivity index (χ1n) is 8.53. The molecule has 136 valence electrons. The average Bonchev–Trinajstić information content (AvgIpc) is 3.02. The number of phenols is 1. The van der Waals surface area contributed by atoms with Crippen LogP contribution in [0.4, 0.5) is 0 Å². The van der Waals surface area contributed by atoms with E-state index in [1.807, 2.05) is 28.8 Å². The number of hydrogen-bond donors (Lipinski definition) is 2. The molecule has 2 aromatic heterocycles. The Bertz CT molecular complexity index is 1160. The highest BCUT2D eigenvalue weighted by atomic mass is 16.5. The van der Waals surface area contributed by atoms with Crippen molar-refractivity contribution in [2.75, 3.05) is 13.7 Å². The van der Waals surface area contributed by atoms with Gasteiger partial charge >= 0.3 is 0 Å². The zero-order chi connectivity index (χ0) is 19.0. The summed E-state index contributed by atoms with van der Waals surface area (Å²) in [6.45, 7) is 0.412. The number of hydrogen-bond acceptors (Lipinski definition) is 5. The van der Waals surface area contributed by atoms with E-state index in [0.717, 1.165) is 16.3 Å². The molecule has 2 N–H and O–H groups in total. The monoisotopic (exact) mass is 362 g/mol. The van der Waals surface area contributed by atoms with Crippen molar-refractivity contribution in [3.8, 4) is 11.5 Å². The van der Waals surface area contributed by atoms with Gasteiger partial charge in [0.2, 0.25) is 0 Å². The van der Waals surface area contributed by atoms with Crippen molar-refractivity contribution in [2.24, 2.45) is 0 Å². The third kappa shape index (κ3) is 2.80. The molecule has 0 atom stereocenters. The number of carbonyl (C=O) groups excluding carboxylic acids is 1. The van der Waals surface area contributed by atoms with Gasteiger partial charge in [0.05, 0.1) is 24.8 Å². The number of methoxy groups -OCH3 is 1. The SMILES string of the molecule is COc1ccc(O)c(C(=O)c2cnc3c(c2)c2ccccc2n3CCO)c1. The van der Waals surface area contributed by atoms with E-state index >= 15 is 0 Å². The number of nitrogens with zero attached hydrogens (tertiary/aromatic N) is 2. The number of aliphatic hydroxyl groups excluding tert-OH is 1. The number of aliphatic hydroxyl groups is 1. The third-order valence-corrected chi connectivity index (χ3v) is 4.64. The average molecular weight is 362 g/mol. The topological polar surface area (TPSA) is 84.6 Å². The van der Waals surface area contributed by atoms with Crippen molar-refractivity contribution >= 4 is 27.7 Å². The lowest BCUT2D eigenvalue weighted by molar-refractivity contribution is 0.103. The summed E-state index contributed by atoms with van der Waals surface area (Å²) in [6.07, 6.45) is 1.50. The number of ketones is 1. The molecule has 0 aliphatic rings. The molecule has 6 heteroatoms. The second-order valence-corrected chi connectivity index (χ2v) is 6.20. The van der Waals surface area contributed by atoms with Crippen molar-refractivity contribution in [2.45, 2.75) is 6.54 Å². The smallest absolute Gasteiger partial charge is 0.198 e. The fourth-order valence-electron chi connectivity index (χ4n) is 3.35. The van der Waals surface area contributed by atoms with Gasteiger partial charge in [-0.1, -0.05) is 18.2 Å². The van der Waals surface area contributed by atoms with Gasteiger partial charge in [-0.25, -0.2) is 4.98 Å². The van der Waals surface area contributed by atoms with Gasteiger partial charge in [-0.05, 0) is 30.3 Å². The predicted molar refractivity (Wildman–Crippen MR) is 102 cm³/mol. The second kappa shape index (κ2) is 6.74. The summed E-state index contributed by atoms with van der Waals surface area (Å²) in [5.74, 6) is 0.0492. The summed E-state index contributed by atoms with van der Waals surface area (Å²) < 4.78 is 7.08. The van der Waals surface area contributed by atoms with Crippen LogP contribution in [0.15, 0.2) is 54.7 Å². The van der Waals surface area contributed by atoms with E-state index in [-0.39, 0.29) is 23.7 Å². The lowest BCUT2D eigenvalue weighted by Gasteiger charge is -2.07. The van der Waals surface area contributed by atoms with Gasteiger partial charge in [0.1, 0.15) is 17.1 Å². The minimum atomic E-state index is -0.334. The van der Waals surface area contributed by atoms with Crippen molar-refractivity contribution in [3.63, 3.8) is 0 Å². The van der Waals surface area contributed by atoms with Crippen molar-refractivity contribution in [3.05, 3.63) is 65.9 Å². The number of phenolic OH excluding ortho intramolecular Hbond substituents is 1. The van der Waals surface area contributed by atoms with Gasteiger partial charge in [0, 0.05) is 29.1 Å². The van der Waals surface area contributed by atoms with Crippen LogP contribution < -0.4 is 4.74 Å². The molecule has 0 spiro atoms. The number of fused-ring (bicyclic) bond motifs is 3. The molecule has 0 fully saturated rings. The van der Waals surface area contributed by atoms with E-state index in [4.69, 9.17) is 4.74 Å². The van der Waals surface area contributed by atoms with Gasteiger partial charge in [-0.2, -0.15) is 0 Å². The summed E-state index contributed by atoms with van der Waals surface area (Å²) in [7, 11) is 1.50. The van der Waals surface area contributed by atoms with Crippen molar-refractivity contribution in [1.29, 1.82) is 0 Å². The number of carbonyl (C=O) groups is 1. The Hall–Kier alpha value is -3.38. The van der Waals surface area contributed by atoms with E-state index < -0.39 is 0 Å². The van der Waals surface area contributed by atoms with Crippen LogP contribution in [0.3, 0.4) is 0 Å². The maximum Gasteiger partial charge on any atom is 0.198 e. The Kier molecular flexibility index (Phi) is 4.25. The van der Waals surface area contributed by atoms with E-state index in [1.165, 1.54) is 25.4 Å². The zero-order valence-corrected chi connectivity index (χ0v) is 14.7. The number of ether oxygens (including phenoxy) is 1. The van der Waals surface area contributed by atoms with Gasteiger partial charge in [-0.15, -0.1) is 0 Å². The number of aromatic nitrogens is 2. The highest BCUT2D eigenvalue weighted by Crippen LogP contribution is 2.30. The number of para-hydroxylation sites is 1. The van der Waals surface area contributed by atoms with Crippen LogP contribution in [0.5, 0.6) is 11.5 Å². The summed E-state index contributed by atoms with van der Waals surface area (Å²) >= 11 is 0. The first-order valence-corrected chi connectivity index (χ1v) is 8.53. The molecule has 2 aromatic carbocycles. The third-order valence-electron chi connectivity index (χ3n) is 4.64. The molecule has 0 bridgehead atoms. The molecule has 0 saturated carbocycles. The highest BCUT2D eigenvalue weighted by Gasteiger charge is 2.18. The van der Waals surface area contributed by atoms with Crippen LogP contribution in [-0.2, 0) is 6.54 Å². The number of pyridine rings is 1. The molecule has 2 heterocycles. The zero-order valence-electron chi connectivity index (χ0n) is 14.7. The van der Waals surface area contributed by atoms with Crippen molar-refractivity contribution < 1.29 is 19.7 Å². The van der Waals surface area contributed by atoms with Gasteiger partial charge in [0.25, 0.3) is 0 Å². The molecule has 0 amide bonds. The van der Waals surface area contributed by atoms with Crippen molar-refractivity contribution in [1.82, 2.24) is 9.55 Å². The van der Waals surface area contributed by atoms with Gasteiger partial charge in [-0.3, -0.25) is 4.79 Å². The molecule has 0 aliphatic heterocycles. The molecule has 6 nitrogen and oxygen atoms in total. The van der Waals surface area contributed by atoms with Crippen LogP contribution in [0.25, 0.3) is 21.9 Å². The van der Waals surface area contributed by atoms with Crippen LogP contribution in [0.1, 0.15) is 15.9 Å². The summed E-state index contributed by atoms with van der Waals surface area (Å²) in [5.41, 5.74) is 2.19. The fraction of sp³-hybridized carbons (Fsp3) is 0.143. The molecule has 4 aromatic rings. The molecule has 0 saturated heterocycles. The molecule has 0 unspecified atom stereocenters. The molecular formula is C21H18N2O4. The van der Waals surface area contributed by atoms with Gasteiger partial charge in [0.15, 0.2) is 5.78 Å². The molecule has 0 aliphatic carbocycles. The first-order chi connectivity index (χ1) is 13.1. The van der Waals surface area contributed by atoms with Crippen LogP contribution in [-0.4, -0.2) is 39.3 Å². The number of aromatic hydroxyl groups is 1. The number of benzene rings is 2. The van der Waals surface area contributed by atoms with Crippen LogP contribution in [0, 0.1) is 0 Å². The Morgan fingerprint density at radius 1 is 1.15 bits per heavy atom. The first kappa shape index (κ1) is 17.1. The minimum Gasteiger partial charge on any atom is -0.507 e. The Labute approximate surface area is 155 Å². The standard InChI is InChI=1S/C21H18N2O4/c1-27-14-6-7-19(25)17(11-14)20(26)13-10-16-15-4-2-3-5-18(15)23(8-9-24)21(16)22-12-13/h2-7,10-12,24-25H,8-9H2,1H3. The fourth-order valence-corrected chi connectivity index (χ4v) is 3.35. The van der Waals surface area contributed by atoms with E-state index in [2.05, 4.69) is 4.98 Å². The largest absolute Gasteiger partial charge is 0.507 e. The second-order valence-electron chi connectivity index (χ2n) is 6.20. The molecule has 4 rings (SSSR count). The Morgan fingerprint density at radius 2 is 1.96 bits per heavy atom. The lowest BCUT2D eigenvalue weighted by Crippen LogP contribution is -2.05. The maximum atomic E-state index is 12.9.